The smallest absolute Gasteiger partial charge is 0.339 e. The topological polar surface area (TPSA) is 93.2 Å². The van der Waals surface area contributed by atoms with E-state index in [2.05, 4.69) is 0 Å². The Morgan fingerprint density at radius 2 is 1.33 bits per heavy atom. The molecule has 0 unspecified atom stereocenters. The first-order chi connectivity index (χ1) is 18.8. The maximum absolute atomic E-state index is 13.7. The van der Waals surface area contributed by atoms with E-state index in [-0.39, 0.29) is 16.6 Å². The number of fused-ring (bicyclic) bond motifs is 1. The second-order valence-corrected chi connectivity index (χ2v) is 11.0. The quantitative estimate of drug-likeness (QED) is 0.256. The van der Waals surface area contributed by atoms with Crippen LogP contribution in [-0.2, 0) is 24.5 Å². The molecule has 2 aliphatic rings. The minimum Gasteiger partial charge on any atom is -0.379 e. The van der Waals surface area contributed by atoms with Crippen LogP contribution in [0.15, 0.2) is 114 Å². The van der Waals surface area contributed by atoms with Crippen LogP contribution in [0.1, 0.15) is 17.2 Å². The number of amides is 2. The molecule has 0 aliphatic carbocycles. The molecule has 3 atom stereocenters. The third kappa shape index (κ3) is 4.45. The van der Waals surface area contributed by atoms with Crippen LogP contribution in [0, 0.1) is 12.8 Å². The average Bonchev–Trinajstić information content (AvgIpc) is 3.46. The van der Waals surface area contributed by atoms with E-state index in [1.54, 1.807) is 47.5 Å². The summed E-state index contributed by atoms with van der Waals surface area (Å²) in [6.07, 6.45) is -1.00. The number of rotatable bonds is 6. The van der Waals surface area contributed by atoms with Crippen molar-refractivity contribution in [2.75, 3.05) is 9.96 Å². The van der Waals surface area contributed by atoms with Gasteiger partial charge in [0.15, 0.2) is 6.10 Å². The van der Waals surface area contributed by atoms with E-state index < -0.39 is 34.1 Å². The standard InChI is InChI=1S/C30H24N2O6S/c1-20-12-16-22(17-13-20)31-29(33)26-27(32(37-28(26)30(31)34)23-8-4-2-5-9-23)21-14-18-24(19-15-21)38-39(35,36)25-10-6-3-7-11-25/h2-19,26-28H,1H3/t26-,27+,28+/m0/s1. The maximum atomic E-state index is 13.7. The minimum atomic E-state index is -4.01. The van der Waals surface area contributed by atoms with Crippen molar-refractivity contribution >= 4 is 33.3 Å². The predicted octanol–water partition coefficient (Wildman–Crippen LogP) is 4.81. The Morgan fingerprint density at radius 3 is 1.97 bits per heavy atom. The molecule has 2 heterocycles. The summed E-state index contributed by atoms with van der Waals surface area (Å²) in [5.41, 5.74) is 2.86. The number of nitrogens with zero attached hydrogens (tertiary/aromatic N) is 2. The summed E-state index contributed by atoms with van der Waals surface area (Å²) in [5.74, 6) is -1.46. The first kappa shape index (κ1) is 24.8. The zero-order chi connectivity index (χ0) is 27.1. The van der Waals surface area contributed by atoms with Gasteiger partial charge in [-0.3, -0.25) is 14.4 Å². The lowest BCUT2D eigenvalue weighted by Crippen LogP contribution is -2.37. The second kappa shape index (κ2) is 9.68. The number of hydrogen-bond donors (Lipinski definition) is 0. The summed E-state index contributed by atoms with van der Waals surface area (Å²) in [6, 6.07) is 30.1. The fourth-order valence-electron chi connectivity index (χ4n) is 4.98. The van der Waals surface area contributed by atoms with E-state index in [1.807, 2.05) is 49.4 Å². The third-order valence-corrected chi connectivity index (χ3v) is 8.14. The number of imide groups is 1. The molecule has 2 amide bonds. The van der Waals surface area contributed by atoms with Gasteiger partial charge in [0.1, 0.15) is 16.6 Å². The fraction of sp³-hybridized carbons (Fsp3) is 0.133. The largest absolute Gasteiger partial charge is 0.379 e. The lowest BCUT2D eigenvalue weighted by molar-refractivity contribution is -0.126. The van der Waals surface area contributed by atoms with Crippen molar-refractivity contribution < 1.29 is 27.0 Å². The molecule has 0 saturated carbocycles. The highest BCUT2D eigenvalue weighted by Gasteiger charge is 2.60. The molecular weight excluding hydrogens is 516 g/mol. The van der Waals surface area contributed by atoms with Gasteiger partial charge >= 0.3 is 10.1 Å². The van der Waals surface area contributed by atoms with Crippen molar-refractivity contribution in [1.82, 2.24) is 0 Å². The van der Waals surface area contributed by atoms with Gasteiger partial charge in [-0.05, 0) is 61.0 Å². The van der Waals surface area contributed by atoms with E-state index in [0.717, 1.165) is 5.56 Å². The molecule has 2 fully saturated rings. The number of aryl methyl sites for hydroxylation is 1. The summed E-state index contributed by atoms with van der Waals surface area (Å²) < 4.78 is 30.6. The monoisotopic (exact) mass is 540 g/mol. The van der Waals surface area contributed by atoms with Crippen LogP contribution in [0.5, 0.6) is 5.75 Å². The number of hydroxylamine groups is 1. The molecule has 2 saturated heterocycles. The van der Waals surface area contributed by atoms with Gasteiger partial charge in [-0.2, -0.15) is 8.42 Å². The molecule has 4 aromatic rings. The highest BCUT2D eigenvalue weighted by Crippen LogP contribution is 2.47. The Morgan fingerprint density at radius 1 is 0.718 bits per heavy atom. The SMILES string of the molecule is Cc1ccc(N2C(=O)[C@H]3[C@@H](c4ccc(OS(=O)(=O)c5ccccc5)cc4)N(c4ccccc4)O[C@H]3C2=O)cc1. The number of anilines is 2. The number of hydrogen-bond acceptors (Lipinski definition) is 7. The highest BCUT2D eigenvalue weighted by molar-refractivity contribution is 7.87. The zero-order valence-electron chi connectivity index (χ0n) is 20.9. The number of carbonyl (C=O) groups excluding carboxylic acids is 2. The van der Waals surface area contributed by atoms with Gasteiger partial charge in [0.25, 0.3) is 5.91 Å². The molecule has 0 N–H and O–H groups in total. The van der Waals surface area contributed by atoms with Gasteiger partial charge in [-0.15, -0.1) is 0 Å². The van der Waals surface area contributed by atoms with E-state index >= 15 is 0 Å². The Labute approximate surface area is 226 Å². The van der Waals surface area contributed by atoms with Crippen LogP contribution in [0.3, 0.4) is 0 Å². The van der Waals surface area contributed by atoms with E-state index in [1.165, 1.54) is 29.2 Å². The summed E-state index contributed by atoms with van der Waals surface area (Å²) >= 11 is 0. The predicted molar refractivity (Wildman–Crippen MR) is 144 cm³/mol. The van der Waals surface area contributed by atoms with E-state index in [0.29, 0.717) is 16.9 Å². The highest BCUT2D eigenvalue weighted by atomic mass is 32.2. The van der Waals surface area contributed by atoms with Crippen LogP contribution in [0.25, 0.3) is 0 Å². The normalized spacial score (nSPS) is 20.8. The molecule has 4 aromatic carbocycles. The van der Waals surface area contributed by atoms with E-state index in [9.17, 15) is 18.0 Å². The molecule has 0 bridgehead atoms. The first-order valence-corrected chi connectivity index (χ1v) is 13.8. The molecule has 6 rings (SSSR count). The van der Waals surface area contributed by atoms with Crippen molar-refractivity contribution in [2.24, 2.45) is 5.92 Å². The van der Waals surface area contributed by atoms with Gasteiger partial charge in [0, 0.05) is 0 Å². The molecule has 0 aromatic heterocycles. The lowest BCUT2D eigenvalue weighted by Gasteiger charge is -2.28. The molecule has 0 spiro atoms. The summed E-state index contributed by atoms with van der Waals surface area (Å²) in [4.78, 5) is 34.6. The summed E-state index contributed by atoms with van der Waals surface area (Å²) in [7, 11) is -4.01. The maximum Gasteiger partial charge on any atom is 0.339 e. The summed E-state index contributed by atoms with van der Waals surface area (Å²) in [6.45, 7) is 1.93. The minimum absolute atomic E-state index is 0.0441. The van der Waals surface area contributed by atoms with Gasteiger partial charge in [-0.25, -0.2) is 9.96 Å². The summed E-state index contributed by atoms with van der Waals surface area (Å²) in [5, 5.41) is 1.59. The van der Waals surface area contributed by atoms with Crippen LogP contribution in [0.2, 0.25) is 0 Å². The molecule has 0 radical (unpaired) electrons. The van der Waals surface area contributed by atoms with Crippen LogP contribution < -0.4 is 14.1 Å². The van der Waals surface area contributed by atoms with Crippen LogP contribution in [0.4, 0.5) is 11.4 Å². The molecule has 2 aliphatic heterocycles. The molecule has 196 valence electrons. The Kier molecular flexibility index (Phi) is 6.17. The van der Waals surface area contributed by atoms with Crippen molar-refractivity contribution in [1.29, 1.82) is 0 Å². The van der Waals surface area contributed by atoms with Crippen molar-refractivity contribution in [3.8, 4) is 5.75 Å². The van der Waals surface area contributed by atoms with Crippen LogP contribution >= 0.6 is 0 Å². The Balaban J connectivity index is 1.34. The van der Waals surface area contributed by atoms with Crippen molar-refractivity contribution in [3.63, 3.8) is 0 Å². The lowest BCUT2D eigenvalue weighted by atomic mass is 9.90. The number of carbonyl (C=O) groups is 2. The first-order valence-electron chi connectivity index (χ1n) is 12.4. The van der Waals surface area contributed by atoms with Crippen molar-refractivity contribution in [3.05, 3.63) is 120 Å². The average molecular weight is 541 g/mol. The van der Waals surface area contributed by atoms with Gasteiger partial charge in [0.2, 0.25) is 5.91 Å². The Bertz CT molecular complexity index is 1620. The zero-order valence-corrected chi connectivity index (χ0v) is 21.7. The Hall–Kier alpha value is -4.47. The second-order valence-electron chi connectivity index (χ2n) is 9.42. The molecule has 39 heavy (non-hydrogen) atoms. The van der Waals surface area contributed by atoms with E-state index in [4.69, 9.17) is 9.02 Å². The van der Waals surface area contributed by atoms with Gasteiger partial charge in [0.05, 0.1) is 17.4 Å². The fourth-order valence-corrected chi connectivity index (χ4v) is 5.93. The van der Waals surface area contributed by atoms with Gasteiger partial charge in [-0.1, -0.05) is 66.2 Å². The third-order valence-electron chi connectivity index (χ3n) is 6.88. The molecule has 8 nitrogen and oxygen atoms in total. The van der Waals surface area contributed by atoms with Crippen molar-refractivity contribution in [2.45, 2.75) is 24.0 Å². The number of para-hydroxylation sites is 1. The van der Waals surface area contributed by atoms with Crippen LogP contribution in [-0.4, -0.2) is 26.3 Å². The molecule has 9 heteroatoms. The van der Waals surface area contributed by atoms with Gasteiger partial charge < -0.3 is 4.18 Å². The number of benzene rings is 4. The molecular formula is C30H24N2O6S.